The zero-order valence-electron chi connectivity index (χ0n) is 8.31. The average Bonchev–Trinajstić information content (AvgIpc) is 2.32. The molecule has 4 heteroatoms. The normalized spacial score (nSPS) is 9.50. The molecule has 0 atom stereocenters. The summed E-state index contributed by atoms with van der Waals surface area (Å²) in [5.74, 6) is 0.273. The summed E-state index contributed by atoms with van der Waals surface area (Å²) in [7, 11) is 0. The molecule has 0 saturated carbocycles. The third-order valence-electron chi connectivity index (χ3n) is 1.98. The van der Waals surface area contributed by atoms with Gasteiger partial charge in [0.2, 0.25) is 0 Å². The lowest BCUT2D eigenvalue weighted by Crippen LogP contribution is -1.94. The van der Waals surface area contributed by atoms with E-state index in [2.05, 4.69) is 10.3 Å². The Bertz CT molecular complexity index is 529. The lowest BCUT2D eigenvalue weighted by molar-refractivity contribution is 0.628. The fourth-order valence-electron chi connectivity index (χ4n) is 1.25. The van der Waals surface area contributed by atoms with E-state index < -0.39 is 0 Å². The second-order valence-corrected chi connectivity index (χ2v) is 3.15. The quantitative estimate of drug-likeness (QED) is 0.834. The van der Waals surface area contributed by atoms with Gasteiger partial charge in [0.05, 0.1) is 0 Å². The van der Waals surface area contributed by atoms with Crippen LogP contribution in [0, 0.1) is 17.1 Å². The van der Waals surface area contributed by atoms with Crippen LogP contribution in [0.25, 0.3) is 0 Å². The summed E-state index contributed by atoms with van der Waals surface area (Å²) < 4.78 is 12.7. The minimum atomic E-state index is -0.288. The van der Waals surface area contributed by atoms with Crippen LogP contribution in [0.5, 0.6) is 0 Å². The van der Waals surface area contributed by atoms with E-state index in [9.17, 15) is 4.39 Å². The summed E-state index contributed by atoms with van der Waals surface area (Å²) in [4.78, 5) is 4.04. The molecule has 0 unspecified atom stereocenters. The van der Waals surface area contributed by atoms with Crippen molar-refractivity contribution < 1.29 is 4.39 Å². The predicted octanol–water partition coefficient (Wildman–Crippen LogP) is 2.84. The first-order valence-electron chi connectivity index (χ1n) is 4.68. The lowest BCUT2D eigenvalue weighted by Gasteiger charge is -2.04. The van der Waals surface area contributed by atoms with Gasteiger partial charge in [0.25, 0.3) is 0 Å². The number of pyridine rings is 1. The topological polar surface area (TPSA) is 48.7 Å². The van der Waals surface area contributed by atoms with Crippen molar-refractivity contribution in [1.29, 1.82) is 5.26 Å². The fourth-order valence-corrected chi connectivity index (χ4v) is 1.25. The maximum atomic E-state index is 12.7. The monoisotopic (exact) mass is 213 g/mol. The Morgan fingerprint density at radius 1 is 1.12 bits per heavy atom. The highest BCUT2D eigenvalue weighted by molar-refractivity contribution is 5.56. The van der Waals surface area contributed by atoms with Crippen LogP contribution in [0.15, 0.2) is 42.5 Å². The highest BCUT2D eigenvalue weighted by atomic mass is 19.1. The Morgan fingerprint density at radius 3 is 2.56 bits per heavy atom. The zero-order valence-corrected chi connectivity index (χ0v) is 8.31. The highest BCUT2D eigenvalue weighted by Gasteiger charge is 1.97. The molecular weight excluding hydrogens is 205 g/mol. The molecule has 78 valence electrons. The molecule has 0 saturated heterocycles. The van der Waals surface area contributed by atoms with Crippen molar-refractivity contribution in [2.75, 3.05) is 5.32 Å². The van der Waals surface area contributed by atoms with E-state index in [4.69, 9.17) is 5.26 Å². The van der Waals surface area contributed by atoms with Gasteiger partial charge in [-0.2, -0.15) is 5.26 Å². The van der Waals surface area contributed by atoms with Gasteiger partial charge in [-0.3, -0.25) is 0 Å². The molecule has 0 aliphatic carbocycles. The number of aromatic nitrogens is 1. The predicted molar refractivity (Wildman–Crippen MR) is 58.6 cm³/mol. The van der Waals surface area contributed by atoms with E-state index in [0.717, 1.165) is 5.69 Å². The molecular formula is C12H8FN3. The van der Waals surface area contributed by atoms with Gasteiger partial charge in [-0.25, -0.2) is 9.37 Å². The number of halogens is 1. The Morgan fingerprint density at radius 2 is 1.88 bits per heavy atom. The van der Waals surface area contributed by atoms with Crippen molar-refractivity contribution in [2.24, 2.45) is 0 Å². The van der Waals surface area contributed by atoms with Gasteiger partial charge in [-0.15, -0.1) is 0 Å². The Balaban J connectivity index is 2.21. The summed E-state index contributed by atoms with van der Waals surface area (Å²) >= 11 is 0. The first kappa shape index (κ1) is 10.1. The van der Waals surface area contributed by atoms with E-state index >= 15 is 0 Å². The van der Waals surface area contributed by atoms with Crippen LogP contribution in [0.2, 0.25) is 0 Å². The van der Waals surface area contributed by atoms with Crippen molar-refractivity contribution in [2.45, 2.75) is 0 Å². The van der Waals surface area contributed by atoms with Gasteiger partial charge in [0.1, 0.15) is 23.4 Å². The standard InChI is InChI=1S/C12H8FN3/c13-9-4-6-10(7-5-9)15-12-3-1-2-11(8-14)16-12/h1-7H,(H,15,16). The second kappa shape index (κ2) is 4.41. The maximum Gasteiger partial charge on any atom is 0.142 e. The Hall–Kier alpha value is -2.41. The third kappa shape index (κ3) is 2.34. The molecule has 2 aromatic rings. The molecule has 3 nitrogen and oxygen atoms in total. The second-order valence-electron chi connectivity index (χ2n) is 3.15. The van der Waals surface area contributed by atoms with E-state index in [1.165, 1.54) is 12.1 Å². The van der Waals surface area contributed by atoms with Crippen LogP contribution in [-0.4, -0.2) is 4.98 Å². The van der Waals surface area contributed by atoms with Crippen LogP contribution in [-0.2, 0) is 0 Å². The number of hydrogen-bond acceptors (Lipinski definition) is 3. The third-order valence-corrected chi connectivity index (χ3v) is 1.98. The molecule has 16 heavy (non-hydrogen) atoms. The van der Waals surface area contributed by atoms with Gasteiger partial charge in [0.15, 0.2) is 0 Å². The van der Waals surface area contributed by atoms with Crippen molar-refractivity contribution in [3.05, 3.63) is 54.0 Å². The summed E-state index contributed by atoms with van der Waals surface area (Å²) in [6.07, 6.45) is 0. The molecule has 0 fully saturated rings. The smallest absolute Gasteiger partial charge is 0.142 e. The van der Waals surface area contributed by atoms with Gasteiger partial charge < -0.3 is 5.32 Å². The molecule has 0 radical (unpaired) electrons. The molecule has 0 aliphatic rings. The fraction of sp³-hybridized carbons (Fsp3) is 0. The molecule has 0 amide bonds. The number of nitriles is 1. The molecule has 1 aromatic heterocycles. The van der Waals surface area contributed by atoms with Crippen LogP contribution in [0.4, 0.5) is 15.9 Å². The van der Waals surface area contributed by atoms with Crippen LogP contribution >= 0.6 is 0 Å². The summed E-state index contributed by atoms with van der Waals surface area (Å²) in [6, 6.07) is 13.0. The molecule has 0 bridgehead atoms. The summed E-state index contributed by atoms with van der Waals surface area (Å²) in [5, 5.41) is 11.7. The summed E-state index contributed by atoms with van der Waals surface area (Å²) in [6.45, 7) is 0. The number of nitrogens with zero attached hydrogens (tertiary/aromatic N) is 2. The number of rotatable bonds is 2. The number of benzene rings is 1. The zero-order chi connectivity index (χ0) is 11.4. The highest BCUT2D eigenvalue weighted by Crippen LogP contribution is 2.14. The first-order chi connectivity index (χ1) is 7.78. The first-order valence-corrected chi connectivity index (χ1v) is 4.68. The maximum absolute atomic E-state index is 12.7. The molecule has 0 spiro atoms. The number of hydrogen-bond donors (Lipinski definition) is 1. The van der Waals surface area contributed by atoms with Crippen LogP contribution in [0.3, 0.4) is 0 Å². The van der Waals surface area contributed by atoms with Gasteiger partial charge in [-0.1, -0.05) is 6.07 Å². The molecule has 1 aromatic carbocycles. The largest absolute Gasteiger partial charge is 0.340 e. The van der Waals surface area contributed by atoms with Crippen LogP contribution in [0.1, 0.15) is 5.69 Å². The average molecular weight is 213 g/mol. The Labute approximate surface area is 92.2 Å². The van der Waals surface area contributed by atoms with E-state index in [1.54, 1.807) is 30.3 Å². The number of nitrogens with one attached hydrogen (secondary N) is 1. The van der Waals surface area contributed by atoms with Crippen LogP contribution < -0.4 is 5.32 Å². The molecule has 2 rings (SSSR count). The lowest BCUT2D eigenvalue weighted by atomic mass is 10.3. The van der Waals surface area contributed by atoms with E-state index in [1.807, 2.05) is 6.07 Å². The number of anilines is 2. The molecule has 0 aliphatic heterocycles. The van der Waals surface area contributed by atoms with E-state index in [-0.39, 0.29) is 5.82 Å². The summed E-state index contributed by atoms with van der Waals surface area (Å²) in [5.41, 5.74) is 1.07. The SMILES string of the molecule is N#Cc1cccc(Nc2ccc(F)cc2)n1. The Kier molecular flexibility index (Phi) is 2.79. The van der Waals surface area contributed by atoms with Gasteiger partial charge in [0, 0.05) is 5.69 Å². The van der Waals surface area contributed by atoms with Gasteiger partial charge in [-0.05, 0) is 36.4 Å². The minimum absolute atomic E-state index is 0.288. The van der Waals surface area contributed by atoms with Gasteiger partial charge >= 0.3 is 0 Å². The van der Waals surface area contributed by atoms with Crippen molar-refractivity contribution in [3.63, 3.8) is 0 Å². The molecule has 1 N–H and O–H groups in total. The van der Waals surface area contributed by atoms with Crippen molar-refractivity contribution in [1.82, 2.24) is 4.98 Å². The molecule has 1 heterocycles. The minimum Gasteiger partial charge on any atom is -0.340 e. The van der Waals surface area contributed by atoms with E-state index in [0.29, 0.717) is 11.5 Å². The van der Waals surface area contributed by atoms with Crippen molar-refractivity contribution in [3.8, 4) is 6.07 Å². The van der Waals surface area contributed by atoms with Crippen molar-refractivity contribution >= 4 is 11.5 Å².